The Hall–Kier alpha value is -2.17. The number of piperidine rings is 1. The van der Waals surface area contributed by atoms with Crippen molar-refractivity contribution in [2.24, 2.45) is 0 Å². The molecule has 2 fully saturated rings. The van der Waals surface area contributed by atoms with Crippen LogP contribution in [0, 0.1) is 21.4 Å². The van der Waals surface area contributed by atoms with Gasteiger partial charge in [-0.05, 0) is 38.6 Å². The second-order valence-corrected chi connectivity index (χ2v) is 6.99. The molecule has 7 heteroatoms. The Bertz CT molecular complexity index is 664. The van der Waals surface area contributed by atoms with Gasteiger partial charge in [0.1, 0.15) is 5.69 Å². The minimum absolute atomic E-state index is 0.0273. The van der Waals surface area contributed by atoms with Crippen molar-refractivity contribution in [2.45, 2.75) is 25.3 Å². The van der Waals surface area contributed by atoms with E-state index in [1.165, 1.54) is 31.9 Å². The van der Waals surface area contributed by atoms with E-state index in [0.717, 1.165) is 32.7 Å². The van der Waals surface area contributed by atoms with Gasteiger partial charge in [-0.25, -0.2) is 0 Å². The number of nitro benzene ring substituents is 1. The summed E-state index contributed by atoms with van der Waals surface area (Å²) in [6, 6.07) is 7.34. The van der Waals surface area contributed by atoms with Crippen LogP contribution in [0.15, 0.2) is 18.2 Å². The Labute approximate surface area is 148 Å². The van der Waals surface area contributed by atoms with E-state index in [9.17, 15) is 10.1 Å². The first-order valence-corrected chi connectivity index (χ1v) is 8.94. The van der Waals surface area contributed by atoms with Crippen LogP contribution in [0.2, 0.25) is 0 Å². The number of benzene rings is 1. The minimum Gasteiger partial charge on any atom is -0.363 e. The zero-order valence-electron chi connectivity index (χ0n) is 14.7. The van der Waals surface area contributed by atoms with Crippen molar-refractivity contribution in [3.05, 3.63) is 33.9 Å². The molecule has 2 saturated heterocycles. The maximum absolute atomic E-state index is 11.3. The van der Waals surface area contributed by atoms with E-state index in [2.05, 4.69) is 21.7 Å². The van der Waals surface area contributed by atoms with Crippen LogP contribution in [0.4, 0.5) is 11.4 Å². The summed E-state index contributed by atoms with van der Waals surface area (Å²) in [5, 5.41) is 20.3. The number of hydrogen-bond acceptors (Lipinski definition) is 6. The molecule has 0 N–H and O–H groups in total. The smallest absolute Gasteiger partial charge is 0.293 e. The highest BCUT2D eigenvalue weighted by atomic mass is 16.6. The van der Waals surface area contributed by atoms with Crippen LogP contribution < -0.4 is 4.90 Å². The SMILES string of the molecule is CN1CCCC[C@@H]1CN1CCN(c2ccc(C#N)cc2[N+](=O)[O-])CC1. The van der Waals surface area contributed by atoms with E-state index in [0.29, 0.717) is 17.3 Å². The summed E-state index contributed by atoms with van der Waals surface area (Å²) >= 11 is 0. The van der Waals surface area contributed by atoms with Gasteiger partial charge < -0.3 is 9.80 Å². The van der Waals surface area contributed by atoms with Gasteiger partial charge in [0.25, 0.3) is 5.69 Å². The fourth-order valence-corrected chi connectivity index (χ4v) is 3.85. The van der Waals surface area contributed by atoms with Crippen molar-refractivity contribution in [2.75, 3.05) is 51.2 Å². The lowest BCUT2D eigenvalue weighted by molar-refractivity contribution is -0.384. The largest absolute Gasteiger partial charge is 0.363 e. The van der Waals surface area contributed by atoms with Crippen LogP contribution in [-0.2, 0) is 0 Å². The lowest BCUT2D eigenvalue weighted by atomic mass is 10.0. The molecule has 0 bridgehead atoms. The van der Waals surface area contributed by atoms with Gasteiger partial charge in [-0.3, -0.25) is 15.0 Å². The van der Waals surface area contributed by atoms with Crippen molar-refractivity contribution < 1.29 is 4.92 Å². The molecular weight excluding hydrogens is 318 g/mol. The Morgan fingerprint density at radius 2 is 2.00 bits per heavy atom. The van der Waals surface area contributed by atoms with E-state index in [1.54, 1.807) is 12.1 Å². The zero-order chi connectivity index (χ0) is 17.8. The van der Waals surface area contributed by atoms with Gasteiger partial charge in [0.05, 0.1) is 16.6 Å². The van der Waals surface area contributed by atoms with E-state index in [-0.39, 0.29) is 10.6 Å². The summed E-state index contributed by atoms with van der Waals surface area (Å²) < 4.78 is 0. The molecule has 0 radical (unpaired) electrons. The Balaban J connectivity index is 1.62. The van der Waals surface area contributed by atoms with Gasteiger partial charge in [0.15, 0.2) is 0 Å². The lowest BCUT2D eigenvalue weighted by Gasteiger charge is -2.40. The highest BCUT2D eigenvalue weighted by molar-refractivity contribution is 5.65. The van der Waals surface area contributed by atoms with Crippen molar-refractivity contribution in [3.8, 4) is 6.07 Å². The number of rotatable bonds is 4. The molecule has 0 unspecified atom stereocenters. The number of piperazine rings is 1. The number of hydrogen-bond donors (Lipinski definition) is 0. The number of anilines is 1. The molecule has 1 aromatic rings. The highest BCUT2D eigenvalue weighted by Gasteiger charge is 2.27. The molecule has 2 aliphatic rings. The monoisotopic (exact) mass is 343 g/mol. The molecule has 25 heavy (non-hydrogen) atoms. The van der Waals surface area contributed by atoms with E-state index < -0.39 is 0 Å². The van der Waals surface area contributed by atoms with Crippen LogP contribution in [0.1, 0.15) is 24.8 Å². The number of nitro groups is 1. The molecule has 0 spiro atoms. The summed E-state index contributed by atoms with van der Waals surface area (Å²) in [6.07, 6.45) is 3.87. The predicted molar refractivity (Wildman–Crippen MR) is 96.7 cm³/mol. The van der Waals surface area contributed by atoms with Crippen LogP contribution >= 0.6 is 0 Å². The second-order valence-electron chi connectivity index (χ2n) is 6.99. The first-order chi connectivity index (χ1) is 12.1. The number of nitrogens with zero attached hydrogens (tertiary/aromatic N) is 5. The third-order valence-electron chi connectivity index (χ3n) is 5.40. The van der Waals surface area contributed by atoms with Crippen LogP contribution in [0.25, 0.3) is 0 Å². The summed E-state index contributed by atoms with van der Waals surface area (Å²) in [5.74, 6) is 0. The van der Waals surface area contributed by atoms with Crippen LogP contribution in [-0.4, -0.2) is 67.1 Å². The fourth-order valence-electron chi connectivity index (χ4n) is 3.85. The number of likely N-dealkylation sites (tertiary alicyclic amines) is 1. The molecule has 2 heterocycles. The Morgan fingerprint density at radius 1 is 1.24 bits per heavy atom. The molecule has 2 aliphatic heterocycles. The van der Waals surface area contributed by atoms with Gasteiger partial charge in [-0.15, -0.1) is 0 Å². The van der Waals surface area contributed by atoms with Crippen molar-refractivity contribution in [1.29, 1.82) is 5.26 Å². The molecule has 134 valence electrons. The highest BCUT2D eigenvalue weighted by Crippen LogP contribution is 2.30. The maximum atomic E-state index is 11.3. The summed E-state index contributed by atoms with van der Waals surface area (Å²) in [7, 11) is 2.21. The molecule has 1 atom stereocenters. The fraction of sp³-hybridized carbons (Fsp3) is 0.611. The third-order valence-corrected chi connectivity index (χ3v) is 5.40. The average molecular weight is 343 g/mol. The average Bonchev–Trinajstić information content (AvgIpc) is 2.64. The van der Waals surface area contributed by atoms with Crippen molar-refractivity contribution in [1.82, 2.24) is 9.80 Å². The minimum atomic E-state index is -0.389. The molecule has 1 aromatic carbocycles. The first-order valence-electron chi connectivity index (χ1n) is 8.94. The normalized spacial score (nSPS) is 22.6. The quantitative estimate of drug-likeness (QED) is 0.615. The van der Waals surface area contributed by atoms with E-state index in [1.807, 2.05) is 6.07 Å². The molecule has 3 rings (SSSR count). The van der Waals surface area contributed by atoms with E-state index in [4.69, 9.17) is 5.26 Å². The molecule has 0 amide bonds. The summed E-state index contributed by atoms with van der Waals surface area (Å²) in [5.41, 5.74) is 0.979. The van der Waals surface area contributed by atoms with Gasteiger partial charge in [0, 0.05) is 44.8 Å². The van der Waals surface area contributed by atoms with Gasteiger partial charge in [0.2, 0.25) is 0 Å². The topological polar surface area (TPSA) is 76.6 Å². The summed E-state index contributed by atoms with van der Waals surface area (Å²) in [6.45, 7) is 5.66. The molecule has 0 aliphatic carbocycles. The lowest BCUT2D eigenvalue weighted by Crippen LogP contribution is -2.52. The van der Waals surface area contributed by atoms with Crippen LogP contribution in [0.5, 0.6) is 0 Å². The van der Waals surface area contributed by atoms with E-state index >= 15 is 0 Å². The van der Waals surface area contributed by atoms with Crippen molar-refractivity contribution in [3.63, 3.8) is 0 Å². The maximum Gasteiger partial charge on any atom is 0.293 e. The van der Waals surface area contributed by atoms with Gasteiger partial charge in [-0.1, -0.05) is 6.42 Å². The zero-order valence-corrected chi connectivity index (χ0v) is 14.7. The van der Waals surface area contributed by atoms with Gasteiger partial charge >= 0.3 is 0 Å². The van der Waals surface area contributed by atoms with Crippen LogP contribution in [0.3, 0.4) is 0 Å². The molecular formula is C18H25N5O2. The predicted octanol–water partition coefficient (Wildman–Crippen LogP) is 2.07. The Morgan fingerprint density at radius 3 is 2.64 bits per heavy atom. The second kappa shape index (κ2) is 7.81. The number of nitriles is 1. The summed E-state index contributed by atoms with van der Waals surface area (Å²) in [4.78, 5) is 18.0. The molecule has 0 aromatic heterocycles. The van der Waals surface area contributed by atoms with Gasteiger partial charge in [-0.2, -0.15) is 5.26 Å². The third kappa shape index (κ3) is 4.09. The molecule has 7 nitrogen and oxygen atoms in total. The standard InChI is InChI=1S/C18H25N5O2/c1-20-7-3-2-4-16(20)14-21-8-10-22(11-9-21)17-6-5-15(13-19)12-18(17)23(24)25/h5-6,12,16H,2-4,7-11,14H2,1H3/t16-/m1/s1. The molecule has 0 saturated carbocycles. The Kier molecular flexibility index (Phi) is 5.51. The van der Waals surface area contributed by atoms with Crippen molar-refractivity contribution >= 4 is 11.4 Å². The first kappa shape index (κ1) is 17.6. The number of likely N-dealkylation sites (N-methyl/N-ethyl adjacent to an activating group) is 1.